The molecule has 1 fully saturated rings. The predicted octanol–water partition coefficient (Wildman–Crippen LogP) is 2.49. The first-order valence-electron chi connectivity index (χ1n) is 10.1. The molecule has 4 rings (SSSR count). The van der Waals surface area contributed by atoms with Crippen LogP contribution < -0.4 is 10.6 Å². The first-order chi connectivity index (χ1) is 14.1. The van der Waals surface area contributed by atoms with Gasteiger partial charge in [0.05, 0.1) is 18.2 Å². The van der Waals surface area contributed by atoms with E-state index in [-0.39, 0.29) is 18.1 Å². The first kappa shape index (κ1) is 19.3. The average molecular weight is 394 g/mol. The number of aromatic nitrogens is 4. The van der Waals surface area contributed by atoms with Gasteiger partial charge in [0.15, 0.2) is 0 Å². The topological polar surface area (TPSA) is 105 Å². The van der Waals surface area contributed by atoms with E-state index in [0.717, 1.165) is 49.0 Å². The van der Waals surface area contributed by atoms with Gasteiger partial charge in [-0.15, -0.1) is 0 Å². The van der Waals surface area contributed by atoms with Gasteiger partial charge in [0, 0.05) is 42.1 Å². The molecule has 1 aliphatic carbocycles. The summed E-state index contributed by atoms with van der Waals surface area (Å²) in [5.74, 6) is 1.22. The molecule has 0 spiro atoms. The summed E-state index contributed by atoms with van der Waals surface area (Å²) in [5, 5.41) is 16.8. The van der Waals surface area contributed by atoms with E-state index in [1.165, 1.54) is 0 Å². The number of carbonyl (C=O) groups excluding carboxylic acids is 1. The number of anilines is 1. The van der Waals surface area contributed by atoms with Gasteiger partial charge in [-0.3, -0.25) is 4.79 Å². The van der Waals surface area contributed by atoms with E-state index in [0.29, 0.717) is 18.1 Å². The third-order valence-corrected chi connectivity index (χ3v) is 5.42. The Labute approximate surface area is 169 Å². The predicted molar refractivity (Wildman–Crippen MR) is 110 cm³/mol. The average Bonchev–Trinajstić information content (AvgIpc) is 3.21. The Bertz CT molecular complexity index is 994. The Kier molecular flexibility index (Phi) is 5.71. The van der Waals surface area contributed by atoms with E-state index in [1.54, 1.807) is 24.5 Å². The van der Waals surface area contributed by atoms with E-state index in [2.05, 4.69) is 25.6 Å². The number of carbonyl (C=O) groups is 1. The summed E-state index contributed by atoms with van der Waals surface area (Å²) >= 11 is 0. The van der Waals surface area contributed by atoms with E-state index < -0.39 is 0 Å². The van der Waals surface area contributed by atoms with E-state index in [4.69, 9.17) is 0 Å². The fourth-order valence-corrected chi connectivity index (χ4v) is 3.69. The monoisotopic (exact) mass is 394 g/mol. The zero-order valence-electron chi connectivity index (χ0n) is 16.5. The molecule has 1 aliphatic rings. The summed E-state index contributed by atoms with van der Waals surface area (Å²) < 4.78 is 2.00. The van der Waals surface area contributed by atoms with Gasteiger partial charge in [0.1, 0.15) is 5.82 Å². The standard InChI is InChI=1S/C21H26N6O2/c1-2-27-10-9-22-19(27)13-23-20(29)14-3-4-15-12-24-21(26-18(15)11-14)25-16-5-7-17(28)8-6-16/h3-4,9-12,16-17,28H,2,5-8,13H2,1H3,(H,23,29)(H,24,25,26)/t16-,17-. The second kappa shape index (κ2) is 8.57. The normalized spacial score (nSPS) is 19.2. The largest absolute Gasteiger partial charge is 0.393 e. The fourth-order valence-electron chi connectivity index (χ4n) is 3.69. The van der Waals surface area contributed by atoms with Crippen molar-refractivity contribution in [2.75, 3.05) is 5.32 Å². The maximum Gasteiger partial charge on any atom is 0.251 e. The summed E-state index contributed by atoms with van der Waals surface area (Å²) in [6, 6.07) is 5.69. The number of nitrogens with one attached hydrogen (secondary N) is 2. The summed E-state index contributed by atoms with van der Waals surface area (Å²) in [5.41, 5.74) is 1.28. The van der Waals surface area contributed by atoms with Crippen LogP contribution in [0.5, 0.6) is 0 Å². The molecule has 1 amide bonds. The minimum absolute atomic E-state index is 0.160. The Hall–Kier alpha value is -3.00. The minimum Gasteiger partial charge on any atom is -0.393 e. The van der Waals surface area contributed by atoms with Crippen LogP contribution in [0.4, 0.5) is 5.95 Å². The zero-order valence-corrected chi connectivity index (χ0v) is 16.5. The van der Waals surface area contributed by atoms with Crippen molar-refractivity contribution in [3.63, 3.8) is 0 Å². The van der Waals surface area contributed by atoms with Crippen molar-refractivity contribution in [1.82, 2.24) is 24.8 Å². The second-order valence-corrected chi connectivity index (χ2v) is 7.43. The maximum atomic E-state index is 12.6. The number of hydrogen-bond donors (Lipinski definition) is 3. The Morgan fingerprint density at radius 3 is 2.86 bits per heavy atom. The highest BCUT2D eigenvalue weighted by atomic mass is 16.3. The molecule has 2 aromatic heterocycles. The maximum absolute atomic E-state index is 12.6. The van der Waals surface area contributed by atoms with Crippen LogP contribution in [0.2, 0.25) is 0 Å². The number of aryl methyl sites for hydroxylation is 1. The molecule has 8 heteroatoms. The summed E-state index contributed by atoms with van der Waals surface area (Å²) in [6.07, 6.45) is 8.61. The molecule has 2 heterocycles. The molecule has 1 saturated carbocycles. The quantitative estimate of drug-likeness (QED) is 0.593. The molecule has 3 N–H and O–H groups in total. The summed E-state index contributed by atoms with van der Waals surface area (Å²) in [4.78, 5) is 25.8. The van der Waals surface area contributed by atoms with Crippen molar-refractivity contribution >= 4 is 22.8 Å². The number of aliphatic hydroxyl groups excluding tert-OH is 1. The fraction of sp³-hybridized carbons (Fsp3) is 0.429. The SMILES string of the molecule is CCn1ccnc1CNC(=O)c1ccc2cnc(N[C@H]3CC[C@H](O)CC3)nc2c1. The number of hydrogen-bond acceptors (Lipinski definition) is 6. The molecule has 1 aromatic carbocycles. The van der Waals surface area contributed by atoms with Gasteiger partial charge in [-0.2, -0.15) is 0 Å². The lowest BCUT2D eigenvalue weighted by Gasteiger charge is -2.26. The van der Waals surface area contributed by atoms with Crippen molar-refractivity contribution in [2.45, 2.75) is 57.8 Å². The van der Waals surface area contributed by atoms with Crippen molar-refractivity contribution in [2.24, 2.45) is 0 Å². The first-order valence-corrected chi connectivity index (χ1v) is 10.1. The number of rotatable bonds is 6. The van der Waals surface area contributed by atoms with Crippen molar-refractivity contribution < 1.29 is 9.90 Å². The molecular weight excluding hydrogens is 368 g/mol. The molecule has 0 unspecified atom stereocenters. The lowest BCUT2D eigenvalue weighted by atomic mass is 9.93. The number of imidazole rings is 1. The number of benzene rings is 1. The van der Waals surface area contributed by atoms with Gasteiger partial charge < -0.3 is 20.3 Å². The van der Waals surface area contributed by atoms with Crippen LogP contribution >= 0.6 is 0 Å². The molecule has 0 aliphatic heterocycles. The molecule has 29 heavy (non-hydrogen) atoms. The Morgan fingerprint density at radius 1 is 1.24 bits per heavy atom. The highest BCUT2D eigenvalue weighted by molar-refractivity contribution is 5.97. The Balaban J connectivity index is 1.45. The van der Waals surface area contributed by atoms with Crippen LogP contribution in [-0.4, -0.2) is 42.7 Å². The third kappa shape index (κ3) is 4.54. The third-order valence-electron chi connectivity index (χ3n) is 5.42. The highest BCUT2D eigenvalue weighted by Crippen LogP contribution is 2.22. The molecule has 152 valence electrons. The molecule has 3 aromatic rings. The van der Waals surface area contributed by atoms with Gasteiger partial charge in [-0.05, 0) is 44.7 Å². The van der Waals surface area contributed by atoms with E-state index >= 15 is 0 Å². The molecular formula is C21H26N6O2. The van der Waals surface area contributed by atoms with Crippen molar-refractivity contribution in [3.05, 3.63) is 48.2 Å². The highest BCUT2D eigenvalue weighted by Gasteiger charge is 2.20. The zero-order chi connectivity index (χ0) is 20.2. The van der Waals surface area contributed by atoms with Crippen LogP contribution in [0.25, 0.3) is 10.9 Å². The van der Waals surface area contributed by atoms with Crippen LogP contribution in [0.3, 0.4) is 0 Å². The van der Waals surface area contributed by atoms with Gasteiger partial charge in [-0.1, -0.05) is 6.07 Å². The number of fused-ring (bicyclic) bond motifs is 1. The summed E-state index contributed by atoms with van der Waals surface area (Å²) in [7, 11) is 0. The Morgan fingerprint density at radius 2 is 2.07 bits per heavy atom. The molecule has 0 atom stereocenters. The van der Waals surface area contributed by atoms with Gasteiger partial charge in [-0.25, -0.2) is 15.0 Å². The number of amides is 1. The number of nitrogens with zero attached hydrogens (tertiary/aromatic N) is 4. The lowest BCUT2D eigenvalue weighted by Crippen LogP contribution is -2.28. The van der Waals surface area contributed by atoms with Crippen LogP contribution in [0, 0.1) is 0 Å². The molecule has 0 radical (unpaired) electrons. The van der Waals surface area contributed by atoms with Crippen molar-refractivity contribution in [1.29, 1.82) is 0 Å². The van der Waals surface area contributed by atoms with Crippen LogP contribution in [0.15, 0.2) is 36.8 Å². The molecule has 8 nitrogen and oxygen atoms in total. The van der Waals surface area contributed by atoms with Gasteiger partial charge >= 0.3 is 0 Å². The summed E-state index contributed by atoms with van der Waals surface area (Å²) in [6.45, 7) is 3.23. The lowest BCUT2D eigenvalue weighted by molar-refractivity contribution is 0.0949. The van der Waals surface area contributed by atoms with Crippen LogP contribution in [-0.2, 0) is 13.1 Å². The minimum atomic E-state index is -0.193. The second-order valence-electron chi connectivity index (χ2n) is 7.43. The van der Waals surface area contributed by atoms with E-state index in [9.17, 15) is 9.90 Å². The number of aliphatic hydroxyl groups is 1. The molecule has 0 saturated heterocycles. The van der Waals surface area contributed by atoms with Crippen molar-refractivity contribution in [3.8, 4) is 0 Å². The van der Waals surface area contributed by atoms with Crippen LogP contribution in [0.1, 0.15) is 48.8 Å². The smallest absolute Gasteiger partial charge is 0.251 e. The van der Waals surface area contributed by atoms with E-state index in [1.807, 2.05) is 23.8 Å². The van der Waals surface area contributed by atoms with Gasteiger partial charge in [0.25, 0.3) is 5.91 Å². The van der Waals surface area contributed by atoms with Gasteiger partial charge in [0.2, 0.25) is 5.95 Å². The molecule has 0 bridgehead atoms.